The van der Waals surface area contributed by atoms with Crippen molar-refractivity contribution in [2.24, 2.45) is 0 Å². The van der Waals surface area contributed by atoms with Crippen LogP contribution in [0.3, 0.4) is 0 Å². The minimum Gasteiger partial charge on any atom is -0.334 e. The molecule has 1 aromatic carbocycles. The van der Waals surface area contributed by atoms with E-state index in [9.17, 15) is 4.79 Å². The summed E-state index contributed by atoms with van der Waals surface area (Å²) in [6.45, 7) is 0.830. The van der Waals surface area contributed by atoms with Crippen LogP contribution < -0.4 is 0 Å². The van der Waals surface area contributed by atoms with Gasteiger partial charge in [-0.25, -0.2) is 0 Å². The molecule has 0 saturated carbocycles. The Morgan fingerprint density at radius 3 is 2.65 bits per heavy atom. The van der Waals surface area contributed by atoms with Crippen molar-refractivity contribution in [3.05, 3.63) is 80.9 Å². The summed E-state index contributed by atoms with van der Waals surface area (Å²) in [5.74, 6) is 1.43. The molecule has 0 N–H and O–H groups in total. The topological polar surface area (TPSA) is 51.0 Å². The first-order valence-electron chi connectivity index (χ1n) is 10.3. The van der Waals surface area contributed by atoms with E-state index in [4.69, 9.17) is 0 Å². The second-order valence-electron chi connectivity index (χ2n) is 7.38. The average molecular weight is 467 g/mol. The molecule has 1 aliphatic rings. The third-order valence-corrected chi connectivity index (χ3v) is 8.16. The van der Waals surface area contributed by atoms with Gasteiger partial charge in [0.2, 0.25) is 5.91 Å². The highest BCUT2D eigenvalue weighted by molar-refractivity contribution is 7.99. The summed E-state index contributed by atoms with van der Waals surface area (Å²) in [4.78, 5) is 17.6. The van der Waals surface area contributed by atoms with E-state index in [-0.39, 0.29) is 11.9 Å². The number of para-hydroxylation sites is 1. The molecule has 4 aromatic rings. The van der Waals surface area contributed by atoms with Gasteiger partial charge in [0.15, 0.2) is 5.16 Å². The molecule has 1 atom stereocenters. The Hall–Kier alpha value is -2.42. The fraction of sp³-hybridized carbons (Fsp3) is 0.261. The molecule has 5 nitrogen and oxygen atoms in total. The predicted octanol–water partition coefficient (Wildman–Crippen LogP) is 5.44. The van der Waals surface area contributed by atoms with Crippen LogP contribution in [0.2, 0.25) is 0 Å². The molecule has 0 spiro atoms. The first-order valence-corrected chi connectivity index (χ1v) is 13.0. The van der Waals surface area contributed by atoms with Crippen LogP contribution in [0.15, 0.2) is 70.5 Å². The van der Waals surface area contributed by atoms with Crippen molar-refractivity contribution in [2.75, 3.05) is 12.3 Å². The van der Waals surface area contributed by atoms with Gasteiger partial charge in [-0.05, 0) is 47.9 Å². The van der Waals surface area contributed by atoms with Gasteiger partial charge in [0.05, 0.1) is 11.8 Å². The van der Waals surface area contributed by atoms with Gasteiger partial charge in [-0.1, -0.05) is 42.1 Å². The molecule has 0 bridgehead atoms. The third-order valence-electron chi connectivity index (χ3n) is 5.40. The zero-order chi connectivity index (χ0) is 21.0. The maximum atomic E-state index is 13.1. The maximum Gasteiger partial charge on any atom is 0.233 e. The molecule has 1 amide bonds. The molecule has 4 heterocycles. The number of carbonyl (C=O) groups excluding carboxylic acids is 1. The first kappa shape index (κ1) is 20.5. The van der Waals surface area contributed by atoms with E-state index >= 15 is 0 Å². The maximum absolute atomic E-state index is 13.1. The van der Waals surface area contributed by atoms with Crippen LogP contribution in [-0.2, 0) is 11.2 Å². The molecule has 5 rings (SSSR count). The van der Waals surface area contributed by atoms with Crippen LogP contribution in [0.5, 0.6) is 0 Å². The number of carbonyl (C=O) groups is 1. The molecular weight excluding hydrogens is 444 g/mol. The summed E-state index contributed by atoms with van der Waals surface area (Å²) in [6.07, 6.45) is 2.83. The Kier molecular flexibility index (Phi) is 6.20. The smallest absolute Gasteiger partial charge is 0.233 e. The van der Waals surface area contributed by atoms with E-state index in [1.165, 1.54) is 21.5 Å². The Bertz CT molecular complexity index is 1120. The lowest BCUT2D eigenvalue weighted by atomic mass is 10.2. The van der Waals surface area contributed by atoms with E-state index in [0.717, 1.165) is 42.5 Å². The quantitative estimate of drug-likeness (QED) is 0.341. The minimum atomic E-state index is 0.170. The number of aromatic nitrogens is 3. The first-order chi connectivity index (χ1) is 15.3. The third kappa shape index (κ3) is 4.46. The lowest BCUT2D eigenvalue weighted by Crippen LogP contribution is -2.31. The fourth-order valence-electron chi connectivity index (χ4n) is 3.96. The van der Waals surface area contributed by atoms with Crippen molar-refractivity contribution in [3.63, 3.8) is 0 Å². The normalized spacial score (nSPS) is 16.1. The van der Waals surface area contributed by atoms with Crippen LogP contribution in [0.1, 0.15) is 34.5 Å². The van der Waals surface area contributed by atoms with Crippen molar-refractivity contribution in [2.45, 2.75) is 30.5 Å². The number of hydrogen-bond donors (Lipinski definition) is 0. The number of thiophene rings is 2. The Labute approximate surface area is 193 Å². The zero-order valence-corrected chi connectivity index (χ0v) is 19.3. The van der Waals surface area contributed by atoms with E-state index in [1.807, 2.05) is 23.1 Å². The van der Waals surface area contributed by atoms with Gasteiger partial charge in [0.25, 0.3) is 0 Å². The van der Waals surface area contributed by atoms with Gasteiger partial charge >= 0.3 is 0 Å². The molecule has 8 heteroatoms. The predicted molar refractivity (Wildman–Crippen MR) is 127 cm³/mol. The lowest BCUT2D eigenvalue weighted by Gasteiger charge is -2.23. The van der Waals surface area contributed by atoms with E-state index in [1.54, 1.807) is 22.7 Å². The fourth-order valence-corrected chi connectivity index (χ4v) is 6.40. The van der Waals surface area contributed by atoms with Gasteiger partial charge in [0.1, 0.15) is 5.82 Å². The Morgan fingerprint density at radius 1 is 1.03 bits per heavy atom. The monoisotopic (exact) mass is 466 g/mol. The highest BCUT2D eigenvalue weighted by atomic mass is 32.2. The van der Waals surface area contributed by atoms with Crippen molar-refractivity contribution in [3.8, 4) is 5.69 Å². The Balaban J connectivity index is 1.35. The van der Waals surface area contributed by atoms with Crippen molar-refractivity contribution in [1.82, 2.24) is 19.7 Å². The number of amides is 1. The zero-order valence-electron chi connectivity index (χ0n) is 16.9. The van der Waals surface area contributed by atoms with Crippen LogP contribution in [0, 0.1) is 0 Å². The van der Waals surface area contributed by atoms with Crippen LogP contribution >= 0.6 is 34.4 Å². The lowest BCUT2D eigenvalue weighted by molar-refractivity contribution is -0.129. The number of benzene rings is 1. The van der Waals surface area contributed by atoms with Crippen molar-refractivity contribution >= 4 is 40.3 Å². The number of thioether (sulfide) groups is 1. The second kappa shape index (κ2) is 9.38. The van der Waals surface area contributed by atoms with E-state index < -0.39 is 0 Å². The molecule has 0 radical (unpaired) electrons. The number of likely N-dealkylation sites (tertiary alicyclic amines) is 1. The highest BCUT2D eigenvalue weighted by Crippen LogP contribution is 2.35. The molecular formula is C23H22N4OS3. The Morgan fingerprint density at radius 2 is 1.87 bits per heavy atom. The molecule has 1 fully saturated rings. The van der Waals surface area contributed by atoms with Crippen LogP contribution in [-0.4, -0.2) is 37.9 Å². The van der Waals surface area contributed by atoms with E-state index in [2.05, 4.69) is 61.9 Å². The summed E-state index contributed by atoms with van der Waals surface area (Å²) >= 11 is 4.93. The highest BCUT2D eigenvalue weighted by Gasteiger charge is 2.30. The van der Waals surface area contributed by atoms with Gasteiger partial charge < -0.3 is 4.90 Å². The van der Waals surface area contributed by atoms with Gasteiger partial charge in [-0.15, -0.1) is 32.9 Å². The molecule has 31 heavy (non-hydrogen) atoms. The summed E-state index contributed by atoms with van der Waals surface area (Å²) in [7, 11) is 0. The van der Waals surface area contributed by atoms with Gasteiger partial charge in [-0.3, -0.25) is 9.36 Å². The van der Waals surface area contributed by atoms with E-state index in [0.29, 0.717) is 5.75 Å². The molecule has 158 valence electrons. The number of nitrogens with zero attached hydrogens (tertiary/aromatic N) is 4. The summed E-state index contributed by atoms with van der Waals surface area (Å²) in [6, 6.07) is 18.7. The van der Waals surface area contributed by atoms with Crippen LogP contribution in [0.4, 0.5) is 0 Å². The average Bonchev–Trinajstić information content (AvgIpc) is 3.60. The number of hydrogen-bond acceptors (Lipinski definition) is 6. The molecule has 0 aliphatic carbocycles. The van der Waals surface area contributed by atoms with Crippen molar-refractivity contribution < 1.29 is 4.79 Å². The second-order valence-corrected chi connectivity index (χ2v) is 10.3. The number of rotatable bonds is 7. The standard InChI is InChI=1S/C23H22N4OS3/c28-22(26-12-4-10-19(26)20-11-6-14-30-20)16-31-23-25-24-21(15-18-9-5-13-29-18)27(23)17-7-2-1-3-8-17/h1-3,5-9,11,13-14,19H,4,10,12,15-16H2. The van der Waals surface area contributed by atoms with Crippen LogP contribution in [0.25, 0.3) is 5.69 Å². The van der Waals surface area contributed by atoms with Crippen molar-refractivity contribution in [1.29, 1.82) is 0 Å². The SMILES string of the molecule is O=C(CSc1nnc(Cc2cccs2)n1-c1ccccc1)N1CCCC1c1cccs1. The molecule has 1 unspecified atom stereocenters. The molecule has 1 aliphatic heterocycles. The molecule has 1 saturated heterocycles. The minimum absolute atomic E-state index is 0.170. The summed E-state index contributed by atoms with van der Waals surface area (Å²) < 4.78 is 2.08. The van der Waals surface area contributed by atoms with Gasteiger partial charge in [0, 0.05) is 28.4 Å². The largest absolute Gasteiger partial charge is 0.334 e. The summed E-state index contributed by atoms with van der Waals surface area (Å²) in [5, 5.41) is 13.9. The summed E-state index contributed by atoms with van der Waals surface area (Å²) in [5.41, 5.74) is 1.02. The van der Waals surface area contributed by atoms with Gasteiger partial charge in [-0.2, -0.15) is 0 Å². The molecule has 3 aromatic heterocycles.